The largest absolute Gasteiger partial charge is 0.550 e. The number of carboxylic acid groups (broad SMARTS) is 1. The lowest BCUT2D eigenvalue weighted by atomic mass is 9.95. The summed E-state index contributed by atoms with van der Waals surface area (Å²) in [5.41, 5.74) is 0.415. The number of rotatable bonds is 5. The molecule has 1 aromatic carbocycles. The van der Waals surface area contributed by atoms with Crippen molar-refractivity contribution >= 4 is 17.6 Å². The van der Waals surface area contributed by atoms with Crippen molar-refractivity contribution in [3.63, 3.8) is 0 Å². The fourth-order valence-electron chi connectivity index (χ4n) is 2.26. The Kier molecular flexibility index (Phi) is 4.68. The molecule has 1 heterocycles. The van der Waals surface area contributed by atoms with Gasteiger partial charge in [-0.25, -0.2) is 4.39 Å². The third-order valence-electron chi connectivity index (χ3n) is 3.25. The van der Waals surface area contributed by atoms with Crippen LogP contribution in [0.25, 0.3) is 0 Å². The quantitative estimate of drug-likeness (QED) is 0.861. The maximum Gasteiger partial charge on any atom is 0.230 e. The Bertz CT molecular complexity index is 482. The van der Waals surface area contributed by atoms with E-state index in [1.54, 1.807) is 0 Å². The number of benzene rings is 1. The van der Waals surface area contributed by atoms with Crippen LogP contribution in [0.5, 0.6) is 0 Å². The van der Waals surface area contributed by atoms with E-state index in [0.29, 0.717) is 18.7 Å². The minimum absolute atomic E-state index is 0.391. The Balaban J connectivity index is 2.05. The van der Waals surface area contributed by atoms with Crippen molar-refractivity contribution in [2.24, 2.45) is 5.92 Å². The van der Waals surface area contributed by atoms with Crippen molar-refractivity contribution in [1.29, 1.82) is 0 Å². The van der Waals surface area contributed by atoms with Crippen molar-refractivity contribution in [3.05, 3.63) is 30.1 Å². The molecule has 1 saturated heterocycles. The Labute approximate surface area is 115 Å². The third-order valence-corrected chi connectivity index (χ3v) is 3.25. The standard InChI is InChI=1S/C14H16FNO4/c15-9-3-5-10(6-4-9)16-14(19)11(8-13(17)18)12-2-1-7-20-12/h3-6,11-12H,1-2,7-8H2,(H,16,19)(H,17,18)/p-1/t11-,12+/m0/s1. The van der Waals surface area contributed by atoms with Gasteiger partial charge in [0.25, 0.3) is 0 Å². The summed E-state index contributed by atoms with van der Waals surface area (Å²) >= 11 is 0. The zero-order valence-electron chi connectivity index (χ0n) is 10.8. The van der Waals surface area contributed by atoms with Crippen LogP contribution in [0.2, 0.25) is 0 Å². The summed E-state index contributed by atoms with van der Waals surface area (Å²) in [5.74, 6) is -2.95. The van der Waals surface area contributed by atoms with Crippen LogP contribution in [0.4, 0.5) is 10.1 Å². The number of amides is 1. The van der Waals surface area contributed by atoms with Crippen LogP contribution in [0.15, 0.2) is 24.3 Å². The van der Waals surface area contributed by atoms with Crippen LogP contribution in [0, 0.1) is 11.7 Å². The maximum absolute atomic E-state index is 12.8. The molecule has 0 radical (unpaired) electrons. The number of anilines is 1. The van der Waals surface area contributed by atoms with Crippen molar-refractivity contribution < 1.29 is 23.8 Å². The van der Waals surface area contributed by atoms with E-state index in [1.165, 1.54) is 24.3 Å². The van der Waals surface area contributed by atoms with Gasteiger partial charge in [0.05, 0.1) is 12.0 Å². The lowest BCUT2D eigenvalue weighted by Crippen LogP contribution is -2.38. The van der Waals surface area contributed by atoms with Crippen LogP contribution in [-0.4, -0.2) is 24.6 Å². The van der Waals surface area contributed by atoms with E-state index in [0.717, 1.165) is 6.42 Å². The number of ether oxygens (including phenoxy) is 1. The van der Waals surface area contributed by atoms with Gasteiger partial charge in [0.2, 0.25) is 5.91 Å². The molecule has 5 nitrogen and oxygen atoms in total. The summed E-state index contributed by atoms with van der Waals surface area (Å²) in [6, 6.07) is 5.27. The Morgan fingerprint density at radius 3 is 2.65 bits per heavy atom. The first-order chi connectivity index (χ1) is 9.56. The normalized spacial score (nSPS) is 19.6. The number of nitrogens with one attached hydrogen (secondary N) is 1. The van der Waals surface area contributed by atoms with E-state index in [9.17, 15) is 19.1 Å². The molecule has 0 bridgehead atoms. The second kappa shape index (κ2) is 6.47. The van der Waals surface area contributed by atoms with Gasteiger partial charge in [-0.05, 0) is 37.1 Å². The summed E-state index contributed by atoms with van der Waals surface area (Å²) in [4.78, 5) is 22.9. The third kappa shape index (κ3) is 3.77. The fraction of sp³-hybridized carbons (Fsp3) is 0.429. The van der Waals surface area contributed by atoms with Gasteiger partial charge in [-0.2, -0.15) is 0 Å². The molecule has 1 aliphatic rings. The molecular weight excluding hydrogens is 265 g/mol. The molecule has 1 amide bonds. The van der Waals surface area contributed by atoms with Crippen LogP contribution in [0.3, 0.4) is 0 Å². The van der Waals surface area contributed by atoms with E-state index in [2.05, 4.69) is 5.32 Å². The molecule has 1 fully saturated rings. The van der Waals surface area contributed by atoms with Gasteiger partial charge >= 0.3 is 0 Å². The first-order valence-electron chi connectivity index (χ1n) is 6.44. The molecule has 2 atom stereocenters. The second-order valence-electron chi connectivity index (χ2n) is 4.73. The Morgan fingerprint density at radius 1 is 1.40 bits per heavy atom. The van der Waals surface area contributed by atoms with E-state index in [4.69, 9.17) is 4.74 Å². The SMILES string of the molecule is O=C([O-])C[C@H](C(=O)Nc1ccc(F)cc1)[C@H]1CCCO1. The highest BCUT2D eigenvalue weighted by molar-refractivity contribution is 5.94. The highest BCUT2D eigenvalue weighted by Gasteiger charge is 2.31. The van der Waals surface area contributed by atoms with Crippen molar-refractivity contribution in [1.82, 2.24) is 0 Å². The number of carbonyl (C=O) groups excluding carboxylic acids is 2. The Morgan fingerprint density at radius 2 is 2.10 bits per heavy atom. The molecule has 1 N–H and O–H groups in total. The van der Waals surface area contributed by atoms with Crippen LogP contribution in [-0.2, 0) is 14.3 Å². The molecule has 6 heteroatoms. The highest BCUT2D eigenvalue weighted by atomic mass is 19.1. The molecule has 0 spiro atoms. The predicted molar refractivity (Wildman–Crippen MR) is 67.1 cm³/mol. The van der Waals surface area contributed by atoms with E-state index in [1.807, 2.05) is 0 Å². The molecule has 2 rings (SSSR count). The van der Waals surface area contributed by atoms with Gasteiger partial charge in [0.1, 0.15) is 5.82 Å². The van der Waals surface area contributed by atoms with Gasteiger partial charge in [0.15, 0.2) is 0 Å². The van der Waals surface area contributed by atoms with Crippen LogP contribution >= 0.6 is 0 Å². The number of aliphatic carboxylic acids is 1. The fourth-order valence-corrected chi connectivity index (χ4v) is 2.26. The molecule has 0 saturated carbocycles. The number of carbonyl (C=O) groups is 2. The van der Waals surface area contributed by atoms with E-state index >= 15 is 0 Å². The molecule has 0 aliphatic carbocycles. The molecule has 1 aliphatic heterocycles. The lowest BCUT2D eigenvalue weighted by molar-refractivity contribution is -0.307. The molecule has 0 aromatic heterocycles. The molecule has 0 unspecified atom stereocenters. The number of hydrogen-bond donors (Lipinski definition) is 1. The average molecular weight is 280 g/mol. The van der Waals surface area contributed by atoms with Gasteiger partial charge in [-0.3, -0.25) is 4.79 Å². The summed E-state index contributed by atoms with van der Waals surface area (Å²) in [6.45, 7) is 0.526. The number of hydrogen-bond acceptors (Lipinski definition) is 4. The summed E-state index contributed by atoms with van der Waals surface area (Å²) in [7, 11) is 0. The maximum atomic E-state index is 12.8. The smallest absolute Gasteiger partial charge is 0.230 e. The van der Waals surface area contributed by atoms with Crippen molar-refractivity contribution in [2.75, 3.05) is 11.9 Å². The first-order valence-corrected chi connectivity index (χ1v) is 6.44. The van der Waals surface area contributed by atoms with Crippen molar-refractivity contribution in [2.45, 2.75) is 25.4 Å². The zero-order chi connectivity index (χ0) is 14.5. The van der Waals surface area contributed by atoms with Gasteiger partial charge in [-0.1, -0.05) is 0 Å². The summed E-state index contributed by atoms with van der Waals surface area (Å²) in [6.07, 6.45) is 0.651. The van der Waals surface area contributed by atoms with Crippen LogP contribution < -0.4 is 10.4 Å². The molecule has 20 heavy (non-hydrogen) atoms. The minimum Gasteiger partial charge on any atom is -0.550 e. The highest BCUT2D eigenvalue weighted by Crippen LogP contribution is 2.24. The summed E-state index contributed by atoms with van der Waals surface area (Å²) < 4.78 is 18.2. The van der Waals surface area contributed by atoms with Gasteiger partial charge in [-0.15, -0.1) is 0 Å². The molecule has 1 aromatic rings. The molecule has 108 valence electrons. The number of halogens is 1. The topological polar surface area (TPSA) is 78.5 Å². The zero-order valence-corrected chi connectivity index (χ0v) is 10.8. The summed E-state index contributed by atoms with van der Waals surface area (Å²) in [5, 5.41) is 13.3. The van der Waals surface area contributed by atoms with Gasteiger partial charge < -0.3 is 20.0 Å². The first kappa shape index (κ1) is 14.5. The number of carboxylic acids is 1. The predicted octanol–water partition coefficient (Wildman–Crippen LogP) is 0.699. The Hall–Kier alpha value is -1.95. The monoisotopic (exact) mass is 280 g/mol. The minimum atomic E-state index is -1.29. The van der Waals surface area contributed by atoms with E-state index < -0.39 is 36.1 Å². The average Bonchev–Trinajstić information content (AvgIpc) is 2.92. The lowest BCUT2D eigenvalue weighted by Gasteiger charge is -2.22. The van der Waals surface area contributed by atoms with E-state index in [-0.39, 0.29) is 0 Å². The second-order valence-corrected chi connectivity index (χ2v) is 4.73. The van der Waals surface area contributed by atoms with Crippen molar-refractivity contribution in [3.8, 4) is 0 Å². The van der Waals surface area contributed by atoms with Gasteiger partial charge in [0, 0.05) is 24.7 Å². The molecular formula is C14H15FNO4-. The van der Waals surface area contributed by atoms with Crippen LogP contribution in [0.1, 0.15) is 19.3 Å².